The number of hydrogen-bond acceptors (Lipinski definition) is 0. The maximum absolute atomic E-state index is 15.8. The summed E-state index contributed by atoms with van der Waals surface area (Å²) in [5.74, 6) is -31.4. The molecule has 2 aliphatic carbocycles. The maximum Gasteiger partial charge on any atom is 0.299 e. The van der Waals surface area contributed by atoms with E-state index in [0.717, 1.165) is 24.3 Å². The van der Waals surface area contributed by atoms with E-state index in [9.17, 15) is 43.9 Å². The Morgan fingerprint density at radius 2 is 0.565 bits per heavy atom. The molecule has 234 valence electrons. The van der Waals surface area contributed by atoms with Gasteiger partial charge in [0.25, 0.3) is 11.8 Å². The highest BCUT2D eigenvalue weighted by atomic mass is 19.3. The summed E-state index contributed by atoms with van der Waals surface area (Å²) in [7, 11) is 0. The van der Waals surface area contributed by atoms with Gasteiger partial charge >= 0.3 is 0 Å². The second-order valence-corrected chi connectivity index (χ2v) is 10.5. The van der Waals surface area contributed by atoms with Gasteiger partial charge < -0.3 is 0 Å². The van der Waals surface area contributed by atoms with E-state index in [1.54, 1.807) is 0 Å². The Balaban J connectivity index is 1.38. The summed E-state index contributed by atoms with van der Waals surface area (Å²) in [4.78, 5) is 0. The molecule has 14 heteroatoms. The molecule has 5 aromatic rings. The van der Waals surface area contributed by atoms with Crippen LogP contribution in [-0.2, 0) is 11.8 Å². The molecule has 0 spiro atoms. The van der Waals surface area contributed by atoms with Crippen LogP contribution in [0.1, 0.15) is 22.3 Å². The molecule has 5 aromatic carbocycles. The molecule has 0 saturated carbocycles. The van der Waals surface area contributed by atoms with Crippen LogP contribution in [0.15, 0.2) is 48.5 Å². The third-order valence-corrected chi connectivity index (χ3v) is 8.13. The zero-order valence-corrected chi connectivity index (χ0v) is 21.9. The van der Waals surface area contributed by atoms with Gasteiger partial charge in [-0.15, -0.1) is 0 Å². The van der Waals surface area contributed by atoms with E-state index in [0.29, 0.717) is 24.3 Å². The quantitative estimate of drug-likeness (QED) is 0.101. The third kappa shape index (κ3) is 3.63. The van der Waals surface area contributed by atoms with Gasteiger partial charge in [-0.1, -0.05) is 24.3 Å². The first kappa shape index (κ1) is 29.8. The fourth-order valence-corrected chi connectivity index (χ4v) is 5.96. The van der Waals surface area contributed by atoms with Crippen LogP contribution in [0.4, 0.5) is 61.5 Å². The highest BCUT2D eigenvalue weighted by Crippen LogP contribution is 2.59. The second kappa shape index (κ2) is 9.33. The van der Waals surface area contributed by atoms with Gasteiger partial charge in [-0.2, -0.15) is 17.6 Å². The molecule has 0 bridgehead atoms. The summed E-state index contributed by atoms with van der Waals surface area (Å²) < 4.78 is 203. The average molecular weight is 658 g/mol. The summed E-state index contributed by atoms with van der Waals surface area (Å²) in [5.41, 5.74) is -10.1. The van der Waals surface area contributed by atoms with Crippen molar-refractivity contribution in [3.05, 3.63) is 129 Å². The van der Waals surface area contributed by atoms with Crippen molar-refractivity contribution < 1.29 is 61.5 Å². The molecule has 0 fully saturated rings. The van der Waals surface area contributed by atoms with Crippen LogP contribution < -0.4 is 0 Å². The lowest BCUT2D eigenvalue weighted by molar-refractivity contribution is 0.0451. The van der Waals surface area contributed by atoms with Gasteiger partial charge in [0.2, 0.25) is 11.6 Å². The van der Waals surface area contributed by atoms with Crippen LogP contribution in [0.5, 0.6) is 0 Å². The van der Waals surface area contributed by atoms with Crippen molar-refractivity contribution in [2.75, 3.05) is 0 Å². The highest BCUT2D eigenvalue weighted by molar-refractivity contribution is 5.90. The zero-order valence-electron chi connectivity index (χ0n) is 21.9. The molecular weight excluding hydrogens is 650 g/mol. The first-order chi connectivity index (χ1) is 21.5. The van der Waals surface area contributed by atoms with Gasteiger partial charge in [-0.3, -0.25) is 0 Å². The van der Waals surface area contributed by atoms with Gasteiger partial charge in [-0.05, 0) is 57.6 Å². The SMILES string of the molecule is Fc1c(F)c(F)c(-c2ccc3c(c2)C(F)(F)c2cc4c(cc2-3)C(F)(F)c2cc(-c3c(F)c(F)c(F)c(F)c3F)ccc2-4)c(F)c1F. The first-order valence-electron chi connectivity index (χ1n) is 12.8. The van der Waals surface area contributed by atoms with E-state index in [2.05, 4.69) is 0 Å². The largest absolute Gasteiger partial charge is 0.299 e. The van der Waals surface area contributed by atoms with Crippen LogP contribution in [0, 0.1) is 58.2 Å². The molecule has 7 rings (SSSR count). The van der Waals surface area contributed by atoms with Crippen LogP contribution in [0.25, 0.3) is 44.5 Å². The molecule has 2 aliphatic rings. The predicted octanol–water partition coefficient (Wildman–Crippen LogP) is 10.7. The Morgan fingerprint density at radius 1 is 0.304 bits per heavy atom. The lowest BCUT2D eigenvalue weighted by Crippen LogP contribution is -2.13. The first-order valence-corrected chi connectivity index (χ1v) is 12.8. The van der Waals surface area contributed by atoms with E-state index >= 15 is 17.6 Å². The molecule has 0 saturated heterocycles. The topological polar surface area (TPSA) is 0 Å². The minimum Gasteiger partial charge on any atom is -0.203 e. The van der Waals surface area contributed by atoms with E-state index in [4.69, 9.17) is 0 Å². The Bertz CT molecular complexity index is 2000. The molecule has 0 N–H and O–H groups in total. The number of rotatable bonds is 2. The molecule has 0 aromatic heterocycles. The standard InChI is InChI=1S/C32H8F14/c33-21-19(22(34)26(38)29(41)25(21)37)9-1-3-11-13-7-18-14(8-17(13)31(43,44)15(11)5-9)12-4-2-10(6-16(12)32(18,45)46)20-23(35)27(39)30(42)28(40)24(20)36/h1-8H. The van der Waals surface area contributed by atoms with E-state index in [-0.39, 0.29) is 0 Å². The summed E-state index contributed by atoms with van der Waals surface area (Å²) >= 11 is 0. The molecule has 0 nitrogen and oxygen atoms in total. The summed E-state index contributed by atoms with van der Waals surface area (Å²) in [5, 5.41) is 0. The third-order valence-electron chi connectivity index (χ3n) is 8.13. The number of alkyl halides is 4. The summed E-state index contributed by atoms with van der Waals surface area (Å²) in [6.45, 7) is 0. The normalized spacial score (nSPS) is 15.1. The molecular formula is C32H8F14. The van der Waals surface area contributed by atoms with Gasteiger partial charge in [-0.25, -0.2) is 43.9 Å². The Morgan fingerprint density at radius 3 is 0.870 bits per heavy atom. The van der Waals surface area contributed by atoms with Crippen molar-refractivity contribution in [2.45, 2.75) is 11.8 Å². The van der Waals surface area contributed by atoms with Crippen LogP contribution in [0.2, 0.25) is 0 Å². The summed E-state index contributed by atoms with van der Waals surface area (Å²) in [6, 6.07) is 5.49. The van der Waals surface area contributed by atoms with E-state index in [1.807, 2.05) is 0 Å². The lowest BCUT2D eigenvalue weighted by atomic mass is 9.96. The fourth-order valence-electron chi connectivity index (χ4n) is 5.96. The molecule has 0 atom stereocenters. The molecule has 0 aliphatic heterocycles. The van der Waals surface area contributed by atoms with Crippen molar-refractivity contribution in [2.24, 2.45) is 0 Å². The smallest absolute Gasteiger partial charge is 0.203 e. The van der Waals surface area contributed by atoms with Crippen molar-refractivity contribution in [1.29, 1.82) is 0 Å². The molecule has 0 amide bonds. The van der Waals surface area contributed by atoms with E-state index in [1.165, 1.54) is 0 Å². The zero-order chi connectivity index (χ0) is 33.4. The van der Waals surface area contributed by atoms with Gasteiger partial charge in [0.05, 0.1) is 11.1 Å². The number of benzene rings is 5. The fraction of sp³-hybridized carbons (Fsp3) is 0.0625. The van der Waals surface area contributed by atoms with Gasteiger partial charge in [0.1, 0.15) is 0 Å². The van der Waals surface area contributed by atoms with E-state index < -0.39 is 137 Å². The molecule has 0 unspecified atom stereocenters. The Kier molecular flexibility index (Phi) is 6.05. The van der Waals surface area contributed by atoms with Gasteiger partial charge in [0, 0.05) is 22.3 Å². The van der Waals surface area contributed by atoms with Crippen LogP contribution in [-0.4, -0.2) is 0 Å². The van der Waals surface area contributed by atoms with Gasteiger partial charge in [0.15, 0.2) is 46.5 Å². The minimum atomic E-state index is -4.05. The molecule has 0 heterocycles. The monoisotopic (exact) mass is 658 g/mol. The van der Waals surface area contributed by atoms with Crippen molar-refractivity contribution in [1.82, 2.24) is 0 Å². The number of halogens is 14. The number of fused-ring (bicyclic) bond motifs is 6. The maximum atomic E-state index is 15.8. The van der Waals surface area contributed by atoms with Crippen molar-refractivity contribution in [3.8, 4) is 44.5 Å². The molecule has 0 radical (unpaired) electrons. The summed E-state index contributed by atoms with van der Waals surface area (Å²) in [6.07, 6.45) is 0. The van der Waals surface area contributed by atoms with Crippen molar-refractivity contribution in [3.63, 3.8) is 0 Å². The Labute approximate surface area is 247 Å². The lowest BCUT2D eigenvalue weighted by Gasteiger charge is -2.16. The highest BCUT2D eigenvalue weighted by Gasteiger charge is 2.50. The Hall–Kier alpha value is -4.88. The van der Waals surface area contributed by atoms with Crippen molar-refractivity contribution >= 4 is 0 Å². The predicted molar refractivity (Wildman–Crippen MR) is 134 cm³/mol. The van der Waals surface area contributed by atoms with Crippen LogP contribution >= 0.6 is 0 Å². The molecule has 46 heavy (non-hydrogen) atoms. The minimum absolute atomic E-state index is 0.413. The average Bonchev–Trinajstić information content (AvgIpc) is 3.39. The number of hydrogen-bond donors (Lipinski definition) is 0. The van der Waals surface area contributed by atoms with Crippen LogP contribution in [0.3, 0.4) is 0 Å². The second-order valence-electron chi connectivity index (χ2n) is 10.5.